The molecule has 0 aliphatic carbocycles. The first-order valence-electron chi connectivity index (χ1n) is 5.96. The molecule has 0 aliphatic heterocycles. The van der Waals surface area contributed by atoms with E-state index in [4.69, 9.17) is 0 Å². The summed E-state index contributed by atoms with van der Waals surface area (Å²) in [4.78, 5) is 0. The largest absolute Gasteiger partial charge is 0.0619 e. The Morgan fingerprint density at radius 1 is 0.867 bits per heavy atom. The van der Waals surface area contributed by atoms with Gasteiger partial charge < -0.3 is 0 Å². The topological polar surface area (TPSA) is 0 Å². The Kier molecular flexibility index (Phi) is 3.59. The van der Waals surface area contributed by atoms with E-state index in [1.165, 1.54) is 11.1 Å². The Morgan fingerprint density at radius 2 is 1.33 bits per heavy atom. The molecule has 1 aromatic rings. The monoisotopic (exact) mass is 204 g/mol. The van der Waals surface area contributed by atoms with E-state index in [9.17, 15) is 0 Å². The third kappa shape index (κ3) is 2.62. The summed E-state index contributed by atoms with van der Waals surface area (Å²) in [5, 5.41) is 0. The predicted octanol–water partition coefficient (Wildman–Crippen LogP) is 4.74. The fraction of sp³-hybridized carbons (Fsp3) is 0.600. The summed E-state index contributed by atoms with van der Waals surface area (Å²) in [6.45, 7) is 13.7. The molecule has 0 bridgehead atoms. The van der Waals surface area contributed by atoms with Gasteiger partial charge in [-0.05, 0) is 28.4 Å². The zero-order valence-electron chi connectivity index (χ0n) is 11.0. The molecule has 0 aliphatic rings. The average Bonchev–Trinajstić information content (AvgIpc) is 2.17. The first kappa shape index (κ1) is 12.3. The lowest BCUT2D eigenvalue weighted by Crippen LogP contribution is -2.24. The summed E-state index contributed by atoms with van der Waals surface area (Å²) in [7, 11) is 0. The smallest absolute Gasteiger partial charge is 0.00806 e. The molecule has 0 saturated carbocycles. The number of hydrogen-bond acceptors (Lipinski definition) is 0. The van der Waals surface area contributed by atoms with Gasteiger partial charge in [-0.25, -0.2) is 0 Å². The SMILES string of the molecule is CC(C)c1ccc(C(C)(C)C(C)C)cc1. The Bertz CT molecular complexity index is 301. The second-order valence-electron chi connectivity index (χ2n) is 5.65. The van der Waals surface area contributed by atoms with Crippen molar-refractivity contribution in [3.05, 3.63) is 35.4 Å². The van der Waals surface area contributed by atoms with Gasteiger partial charge in [-0.1, -0.05) is 65.8 Å². The highest BCUT2D eigenvalue weighted by atomic mass is 14.3. The van der Waals surface area contributed by atoms with Crippen LogP contribution in [0.25, 0.3) is 0 Å². The molecule has 0 aromatic heterocycles. The van der Waals surface area contributed by atoms with E-state index in [2.05, 4.69) is 65.8 Å². The molecule has 15 heavy (non-hydrogen) atoms. The van der Waals surface area contributed by atoms with Crippen molar-refractivity contribution in [2.75, 3.05) is 0 Å². The van der Waals surface area contributed by atoms with Gasteiger partial charge in [-0.15, -0.1) is 0 Å². The van der Waals surface area contributed by atoms with Crippen LogP contribution >= 0.6 is 0 Å². The Morgan fingerprint density at radius 3 is 1.67 bits per heavy atom. The van der Waals surface area contributed by atoms with Crippen LogP contribution in [0.4, 0.5) is 0 Å². The van der Waals surface area contributed by atoms with Gasteiger partial charge in [0.05, 0.1) is 0 Å². The highest BCUT2D eigenvalue weighted by Gasteiger charge is 2.24. The van der Waals surface area contributed by atoms with E-state index in [-0.39, 0.29) is 5.41 Å². The Labute approximate surface area is 94.7 Å². The van der Waals surface area contributed by atoms with Crippen molar-refractivity contribution in [2.45, 2.75) is 52.9 Å². The van der Waals surface area contributed by atoms with Crippen LogP contribution in [0.5, 0.6) is 0 Å². The maximum atomic E-state index is 2.32. The van der Waals surface area contributed by atoms with Crippen molar-refractivity contribution in [1.82, 2.24) is 0 Å². The molecule has 1 rings (SSSR count). The molecule has 0 N–H and O–H groups in total. The standard InChI is InChI=1S/C15H24/c1-11(2)13-7-9-14(10-8-13)15(5,6)12(3)4/h7-12H,1-6H3. The zero-order valence-corrected chi connectivity index (χ0v) is 11.0. The van der Waals surface area contributed by atoms with Gasteiger partial charge in [-0.2, -0.15) is 0 Å². The second-order valence-corrected chi connectivity index (χ2v) is 5.65. The minimum absolute atomic E-state index is 0.273. The highest BCUT2D eigenvalue weighted by Crippen LogP contribution is 2.31. The normalized spacial score (nSPS) is 12.5. The number of benzene rings is 1. The molecule has 84 valence electrons. The summed E-state index contributed by atoms with van der Waals surface area (Å²) in [6.07, 6.45) is 0. The maximum absolute atomic E-state index is 2.32. The van der Waals surface area contributed by atoms with Crippen molar-refractivity contribution in [3.63, 3.8) is 0 Å². The van der Waals surface area contributed by atoms with Gasteiger partial charge in [0.2, 0.25) is 0 Å². The van der Waals surface area contributed by atoms with Crippen molar-refractivity contribution in [3.8, 4) is 0 Å². The fourth-order valence-corrected chi connectivity index (χ4v) is 1.63. The molecule has 0 spiro atoms. The van der Waals surface area contributed by atoms with Crippen molar-refractivity contribution >= 4 is 0 Å². The summed E-state index contributed by atoms with van der Waals surface area (Å²) >= 11 is 0. The second kappa shape index (κ2) is 4.38. The lowest BCUT2D eigenvalue weighted by molar-refractivity contribution is 0.372. The lowest BCUT2D eigenvalue weighted by Gasteiger charge is -2.30. The molecular formula is C15H24. The average molecular weight is 204 g/mol. The number of rotatable bonds is 3. The first-order valence-corrected chi connectivity index (χ1v) is 5.96. The first-order chi connectivity index (χ1) is 6.85. The van der Waals surface area contributed by atoms with Crippen molar-refractivity contribution in [1.29, 1.82) is 0 Å². The molecule has 0 heterocycles. The molecule has 1 aromatic carbocycles. The molecule has 0 atom stereocenters. The van der Waals surface area contributed by atoms with Crippen molar-refractivity contribution < 1.29 is 0 Å². The minimum atomic E-state index is 0.273. The Hall–Kier alpha value is -0.780. The van der Waals surface area contributed by atoms with E-state index in [0.717, 1.165) is 0 Å². The van der Waals surface area contributed by atoms with Crippen LogP contribution in [0.15, 0.2) is 24.3 Å². The molecule has 0 unspecified atom stereocenters. The van der Waals surface area contributed by atoms with Gasteiger partial charge in [0.15, 0.2) is 0 Å². The van der Waals surface area contributed by atoms with Crippen LogP contribution in [0, 0.1) is 5.92 Å². The molecule has 0 saturated heterocycles. The third-order valence-corrected chi connectivity index (χ3v) is 3.76. The Balaban J connectivity index is 2.98. The van der Waals surface area contributed by atoms with Crippen LogP contribution in [0.3, 0.4) is 0 Å². The van der Waals surface area contributed by atoms with Crippen LogP contribution in [-0.4, -0.2) is 0 Å². The molecule has 0 fully saturated rings. The third-order valence-electron chi connectivity index (χ3n) is 3.76. The van der Waals surface area contributed by atoms with E-state index < -0.39 is 0 Å². The molecule has 0 amide bonds. The van der Waals surface area contributed by atoms with Gasteiger partial charge in [0, 0.05) is 0 Å². The highest BCUT2D eigenvalue weighted by molar-refractivity contribution is 5.29. The maximum Gasteiger partial charge on any atom is -0.00806 e. The van der Waals surface area contributed by atoms with Crippen LogP contribution in [-0.2, 0) is 5.41 Å². The van der Waals surface area contributed by atoms with Gasteiger partial charge in [0.25, 0.3) is 0 Å². The summed E-state index contributed by atoms with van der Waals surface area (Å²) in [5.41, 5.74) is 3.15. The van der Waals surface area contributed by atoms with Crippen LogP contribution in [0.1, 0.15) is 58.6 Å². The van der Waals surface area contributed by atoms with Gasteiger partial charge in [-0.3, -0.25) is 0 Å². The fourth-order valence-electron chi connectivity index (χ4n) is 1.63. The predicted molar refractivity (Wildman–Crippen MR) is 68.4 cm³/mol. The summed E-state index contributed by atoms with van der Waals surface area (Å²) in [5.74, 6) is 1.30. The van der Waals surface area contributed by atoms with E-state index in [1.54, 1.807) is 0 Å². The molecular weight excluding hydrogens is 180 g/mol. The van der Waals surface area contributed by atoms with E-state index in [1.807, 2.05) is 0 Å². The molecule has 0 heteroatoms. The zero-order chi connectivity index (χ0) is 11.6. The van der Waals surface area contributed by atoms with Crippen molar-refractivity contribution in [2.24, 2.45) is 5.92 Å². The minimum Gasteiger partial charge on any atom is -0.0619 e. The number of hydrogen-bond donors (Lipinski definition) is 0. The summed E-state index contributed by atoms with van der Waals surface area (Å²) in [6, 6.07) is 9.11. The van der Waals surface area contributed by atoms with Gasteiger partial charge >= 0.3 is 0 Å². The quantitative estimate of drug-likeness (QED) is 0.667. The van der Waals surface area contributed by atoms with E-state index in [0.29, 0.717) is 11.8 Å². The van der Waals surface area contributed by atoms with Crippen LogP contribution in [0.2, 0.25) is 0 Å². The van der Waals surface area contributed by atoms with Crippen LogP contribution < -0.4 is 0 Å². The lowest BCUT2D eigenvalue weighted by atomic mass is 9.75. The summed E-state index contributed by atoms with van der Waals surface area (Å²) < 4.78 is 0. The van der Waals surface area contributed by atoms with E-state index >= 15 is 0 Å². The molecule has 0 nitrogen and oxygen atoms in total. The van der Waals surface area contributed by atoms with Gasteiger partial charge in [0.1, 0.15) is 0 Å². The molecule has 0 radical (unpaired) electrons.